The second-order valence-electron chi connectivity index (χ2n) is 19.8. The van der Waals surface area contributed by atoms with E-state index in [1.165, 1.54) is 82.7 Å². The maximum absolute atomic E-state index is 5.48. The molecular formula is C69H47N3. The molecule has 14 rings (SSSR count). The molecule has 0 fully saturated rings. The van der Waals surface area contributed by atoms with Crippen LogP contribution in [0.25, 0.3) is 100 Å². The Morgan fingerprint density at radius 1 is 0.250 bits per heavy atom. The molecule has 0 atom stereocenters. The van der Waals surface area contributed by atoms with Crippen LogP contribution in [-0.2, 0) is 10.8 Å². The molecule has 2 aliphatic carbocycles. The van der Waals surface area contributed by atoms with Crippen LogP contribution in [0.15, 0.2) is 249 Å². The van der Waals surface area contributed by atoms with E-state index < -0.39 is 5.41 Å². The van der Waals surface area contributed by atoms with Gasteiger partial charge >= 0.3 is 0 Å². The highest BCUT2D eigenvalue weighted by Crippen LogP contribution is 2.64. The average molecular weight is 918 g/mol. The summed E-state index contributed by atoms with van der Waals surface area (Å²) < 4.78 is 0. The molecule has 338 valence electrons. The summed E-state index contributed by atoms with van der Waals surface area (Å²) in [5.41, 5.74) is 19.2. The monoisotopic (exact) mass is 917 g/mol. The number of nitrogens with zero attached hydrogens (tertiary/aromatic N) is 3. The molecule has 3 heteroatoms. The molecule has 1 heterocycles. The summed E-state index contributed by atoms with van der Waals surface area (Å²) >= 11 is 0. The zero-order valence-corrected chi connectivity index (χ0v) is 40.0. The fourth-order valence-electron chi connectivity index (χ4n) is 12.4. The molecular weight excluding hydrogens is 871 g/mol. The number of benzene rings is 11. The first kappa shape index (κ1) is 41.9. The van der Waals surface area contributed by atoms with Gasteiger partial charge in [-0.25, -0.2) is 15.0 Å². The van der Waals surface area contributed by atoms with Gasteiger partial charge in [0.25, 0.3) is 0 Å². The number of aromatic nitrogens is 3. The zero-order valence-electron chi connectivity index (χ0n) is 40.0. The highest BCUT2D eigenvalue weighted by atomic mass is 15.0. The highest BCUT2D eigenvalue weighted by molar-refractivity contribution is 6.21. The van der Waals surface area contributed by atoms with Gasteiger partial charge in [-0.1, -0.05) is 257 Å². The first-order valence-corrected chi connectivity index (χ1v) is 24.9. The van der Waals surface area contributed by atoms with Crippen LogP contribution in [0.3, 0.4) is 0 Å². The van der Waals surface area contributed by atoms with Gasteiger partial charge in [0, 0.05) is 22.1 Å². The van der Waals surface area contributed by atoms with Crippen LogP contribution in [0.2, 0.25) is 0 Å². The molecule has 0 N–H and O–H groups in total. The van der Waals surface area contributed by atoms with Crippen LogP contribution in [-0.4, -0.2) is 15.0 Å². The Morgan fingerprint density at radius 2 is 0.639 bits per heavy atom. The standard InChI is InChI=1S/C69H47N3/c1-68(2)57-32-16-18-34-59(57)69(60-35-19-17-33-58(60)68)56-42-41-49(63-52-29-14-12-27-50(52)62(46-23-8-4-9-24-46)51-28-13-15-30-53(51)63)43-55(56)64-54(31-20-36-61(64)69)67-71-65(47-25-10-5-11-26-47)70-66(72-67)48-39-37-45(38-40-48)44-21-6-3-7-22-44/h3-43H,1-2H3. The molecule has 0 unspecified atom stereocenters. The average Bonchev–Trinajstić information content (AvgIpc) is 3.75. The van der Waals surface area contributed by atoms with E-state index in [2.05, 4.69) is 244 Å². The summed E-state index contributed by atoms with van der Waals surface area (Å²) in [5.74, 6) is 1.90. The van der Waals surface area contributed by atoms with E-state index in [0.29, 0.717) is 17.5 Å². The minimum atomic E-state index is -0.630. The van der Waals surface area contributed by atoms with Crippen molar-refractivity contribution >= 4 is 21.5 Å². The molecule has 0 bridgehead atoms. The molecule has 72 heavy (non-hydrogen) atoms. The molecule has 0 radical (unpaired) electrons. The largest absolute Gasteiger partial charge is 0.208 e. The summed E-state index contributed by atoms with van der Waals surface area (Å²) in [6.07, 6.45) is 0. The second-order valence-corrected chi connectivity index (χ2v) is 19.8. The SMILES string of the molecule is CC1(C)c2ccccc2C2(c3ccc(-c4c5ccccc5c(-c5ccccc5)c5ccccc45)cc3-c3c(-c4nc(-c5ccccc5)nc(-c5ccc(-c6ccccc6)cc5)n4)cccc32)c2ccccc21. The van der Waals surface area contributed by atoms with Crippen LogP contribution in [0.1, 0.15) is 47.2 Å². The fraction of sp³-hybridized carbons (Fsp3) is 0.0580. The zero-order chi connectivity index (χ0) is 48.0. The van der Waals surface area contributed by atoms with E-state index in [1.54, 1.807) is 0 Å². The van der Waals surface area contributed by atoms with Crippen LogP contribution in [0, 0.1) is 0 Å². The Balaban J connectivity index is 1.07. The summed E-state index contributed by atoms with van der Waals surface area (Å²) in [5, 5.41) is 4.91. The molecule has 1 aromatic heterocycles. The maximum Gasteiger partial charge on any atom is 0.164 e. The first-order chi connectivity index (χ1) is 35.5. The fourth-order valence-corrected chi connectivity index (χ4v) is 12.4. The molecule has 1 spiro atoms. The summed E-state index contributed by atoms with van der Waals surface area (Å²) in [6, 6.07) is 90.6. The normalized spacial score (nSPS) is 13.6. The van der Waals surface area contributed by atoms with E-state index >= 15 is 0 Å². The molecule has 11 aromatic carbocycles. The Morgan fingerprint density at radius 3 is 1.19 bits per heavy atom. The minimum absolute atomic E-state index is 0.235. The smallest absolute Gasteiger partial charge is 0.164 e. The highest BCUT2D eigenvalue weighted by Gasteiger charge is 2.54. The first-order valence-electron chi connectivity index (χ1n) is 24.9. The van der Waals surface area contributed by atoms with Crippen molar-refractivity contribution in [2.24, 2.45) is 0 Å². The van der Waals surface area contributed by atoms with Crippen molar-refractivity contribution in [3.05, 3.63) is 282 Å². The predicted octanol–water partition coefficient (Wildman–Crippen LogP) is 17.2. The summed E-state index contributed by atoms with van der Waals surface area (Å²) in [7, 11) is 0. The van der Waals surface area contributed by atoms with E-state index in [-0.39, 0.29) is 5.41 Å². The third kappa shape index (κ3) is 6.20. The Labute approximate surface area is 419 Å². The topological polar surface area (TPSA) is 38.7 Å². The third-order valence-corrected chi connectivity index (χ3v) is 15.6. The summed E-state index contributed by atoms with van der Waals surface area (Å²) in [4.78, 5) is 16.1. The molecule has 3 nitrogen and oxygen atoms in total. The van der Waals surface area contributed by atoms with Crippen LogP contribution in [0.5, 0.6) is 0 Å². The van der Waals surface area contributed by atoms with E-state index in [0.717, 1.165) is 33.4 Å². The van der Waals surface area contributed by atoms with Gasteiger partial charge in [-0.15, -0.1) is 0 Å². The Kier molecular flexibility index (Phi) is 9.46. The summed E-state index contributed by atoms with van der Waals surface area (Å²) in [6.45, 7) is 4.76. The molecule has 0 saturated carbocycles. The van der Waals surface area contributed by atoms with E-state index in [4.69, 9.17) is 15.0 Å². The minimum Gasteiger partial charge on any atom is -0.208 e. The van der Waals surface area contributed by atoms with Gasteiger partial charge in [-0.3, -0.25) is 0 Å². The van der Waals surface area contributed by atoms with Gasteiger partial charge in [0.1, 0.15) is 0 Å². The lowest BCUT2D eigenvalue weighted by Gasteiger charge is -2.46. The van der Waals surface area contributed by atoms with Crippen molar-refractivity contribution in [2.75, 3.05) is 0 Å². The van der Waals surface area contributed by atoms with Gasteiger partial charge < -0.3 is 0 Å². The van der Waals surface area contributed by atoms with Crippen molar-refractivity contribution in [3.63, 3.8) is 0 Å². The van der Waals surface area contributed by atoms with E-state index in [1.807, 2.05) is 18.2 Å². The lowest BCUT2D eigenvalue weighted by molar-refractivity contribution is 0.563. The molecule has 0 saturated heterocycles. The van der Waals surface area contributed by atoms with Crippen LogP contribution < -0.4 is 0 Å². The number of fused-ring (bicyclic) bond motifs is 11. The van der Waals surface area contributed by atoms with Gasteiger partial charge in [-0.2, -0.15) is 0 Å². The molecule has 0 amide bonds. The van der Waals surface area contributed by atoms with Crippen LogP contribution in [0.4, 0.5) is 0 Å². The number of rotatable bonds is 6. The Bertz CT molecular complexity index is 3990. The molecule has 0 aliphatic heterocycles. The Hall–Kier alpha value is -9.05. The van der Waals surface area contributed by atoms with Crippen molar-refractivity contribution in [1.29, 1.82) is 0 Å². The third-order valence-electron chi connectivity index (χ3n) is 15.6. The van der Waals surface area contributed by atoms with Crippen LogP contribution >= 0.6 is 0 Å². The molecule has 12 aromatic rings. The molecule has 2 aliphatic rings. The van der Waals surface area contributed by atoms with Crippen molar-refractivity contribution in [1.82, 2.24) is 15.0 Å². The van der Waals surface area contributed by atoms with Gasteiger partial charge in [0.15, 0.2) is 17.5 Å². The van der Waals surface area contributed by atoms with Crippen molar-refractivity contribution in [3.8, 4) is 78.7 Å². The number of hydrogen-bond acceptors (Lipinski definition) is 3. The lowest BCUT2D eigenvalue weighted by atomic mass is 9.55. The van der Waals surface area contributed by atoms with Gasteiger partial charge in [0.05, 0.1) is 5.41 Å². The predicted molar refractivity (Wildman–Crippen MR) is 297 cm³/mol. The lowest BCUT2D eigenvalue weighted by Crippen LogP contribution is -2.40. The van der Waals surface area contributed by atoms with Gasteiger partial charge in [-0.05, 0) is 105 Å². The number of hydrogen-bond donors (Lipinski definition) is 0. The van der Waals surface area contributed by atoms with E-state index in [9.17, 15) is 0 Å². The van der Waals surface area contributed by atoms with Crippen molar-refractivity contribution < 1.29 is 0 Å². The van der Waals surface area contributed by atoms with Gasteiger partial charge in [0.2, 0.25) is 0 Å². The quantitative estimate of drug-likeness (QED) is 0.156. The maximum atomic E-state index is 5.48. The second kappa shape index (κ2) is 16.3. The van der Waals surface area contributed by atoms with Crippen molar-refractivity contribution in [2.45, 2.75) is 24.7 Å².